The molecule has 0 aliphatic carbocycles. The van der Waals surface area contributed by atoms with Crippen LogP contribution >= 0.6 is 11.6 Å². The first-order chi connectivity index (χ1) is 5.81. The molecule has 2 nitrogen and oxygen atoms in total. The number of alkyl halides is 1. The first-order valence-corrected chi connectivity index (χ1v) is 4.33. The molecule has 2 rings (SSSR count). The number of pyridine rings is 1. The van der Waals surface area contributed by atoms with Crippen molar-refractivity contribution in [2.75, 3.05) is 0 Å². The van der Waals surface area contributed by atoms with E-state index in [-0.39, 0.29) is 0 Å². The monoisotopic (exact) mass is 180 g/mol. The van der Waals surface area contributed by atoms with Crippen LogP contribution in [0.3, 0.4) is 0 Å². The maximum absolute atomic E-state index is 5.70. The summed E-state index contributed by atoms with van der Waals surface area (Å²) >= 11 is 5.70. The molecule has 0 amide bonds. The number of nitrogens with zero attached hydrogens (tertiary/aromatic N) is 1. The number of nitrogens with one attached hydrogen (secondary N) is 1. The number of halogens is 1. The minimum absolute atomic E-state index is 0.521. The van der Waals surface area contributed by atoms with Gasteiger partial charge in [0.15, 0.2) is 0 Å². The highest BCUT2D eigenvalue weighted by Gasteiger charge is 2.00. The molecule has 0 unspecified atom stereocenters. The molecule has 62 valence electrons. The van der Waals surface area contributed by atoms with E-state index < -0.39 is 0 Å². The third-order valence-corrected chi connectivity index (χ3v) is 2.26. The zero-order chi connectivity index (χ0) is 8.55. The van der Waals surface area contributed by atoms with Gasteiger partial charge in [0, 0.05) is 23.7 Å². The van der Waals surface area contributed by atoms with Crippen LogP contribution in [0.25, 0.3) is 11.0 Å². The topological polar surface area (TPSA) is 28.7 Å². The van der Waals surface area contributed by atoms with Gasteiger partial charge >= 0.3 is 0 Å². The minimum atomic E-state index is 0.521. The summed E-state index contributed by atoms with van der Waals surface area (Å²) in [4.78, 5) is 7.32. The van der Waals surface area contributed by atoms with Crippen LogP contribution in [0, 0.1) is 6.92 Å². The molecule has 0 aliphatic rings. The van der Waals surface area contributed by atoms with E-state index >= 15 is 0 Å². The van der Waals surface area contributed by atoms with Crippen molar-refractivity contribution < 1.29 is 0 Å². The summed E-state index contributed by atoms with van der Waals surface area (Å²) in [6, 6.07) is 2.07. The summed E-state index contributed by atoms with van der Waals surface area (Å²) in [5.74, 6) is 0.521. The summed E-state index contributed by atoms with van der Waals surface area (Å²) in [5.41, 5.74) is 3.21. The molecule has 1 N–H and O–H groups in total. The predicted octanol–water partition coefficient (Wildman–Crippen LogP) is 2.61. The van der Waals surface area contributed by atoms with Gasteiger partial charge in [-0.15, -0.1) is 11.6 Å². The number of aromatic nitrogens is 2. The first kappa shape index (κ1) is 7.62. The van der Waals surface area contributed by atoms with Gasteiger partial charge in [0.2, 0.25) is 0 Å². The Balaban J connectivity index is 2.71. The molecule has 0 spiro atoms. The van der Waals surface area contributed by atoms with Crippen LogP contribution in [-0.2, 0) is 5.88 Å². The number of aryl methyl sites for hydroxylation is 1. The van der Waals surface area contributed by atoms with Crippen molar-refractivity contribution in [3.63, 3.8) is 0 Å². The predicted molar refractivity (Wildman–Crippen MR) is 50.4 cm³/mol. The van der Waals surface area contributed by atoms with Crippen molar-refractivity contribution >= 4 is 22.6 Å². The fourth-order valence-corrected chi connectivity index (χ4v) is 1.40. The second kappa shape index (κ2) is 2.79. The number of rotatable bonds is 1. The maximum Gasteiger partial charge on any atom is 0.137 e. The van der Waals surface area contributed by atoms with Crippen LogP contribution < -0.4 is 0 Å². The highest BCUT2D eigenvalue weighted by atomic mass is 35.5. The lowest BCUT2D eigenvalue weighted by Crippen LogP contribution is -1.81. The van der Waals surface area contributed by atoms with Crippen LogP contribution in [0.4, 0.5) is 0 Å². The van der Waals surface area contributed by atoms with Gasteiger partial charge < -0.3 is 4.98 Å². The van der Waals surface area contributed by atoms with Gasteiger partial charge in [-0.2, -0.15) is 0 Å². The number of hydrogen-bond donors (Lipinski definition) is 1. The van der Waals surface area contributed by atoms with Crippen molar-refractivity contribution in [1.29, 1.82) is 0 Å². The van der Waals surface area contributed by atoms with E-state index in [4.69, 9.17) is 11.6 Å². The average molecular weight is 181 g/mol. The zero-order valence-electron chi connectivity index (χ0n) is 6.76. The molecule has 2 heterocycles. The maximum atomic E-state index is 5.70. The van der Waals surface area contributed by atoms with Crippen LogP contribution in [0.15, 0.2) is 18.5 Å². The largest absolute Gasteiger partial charge is 0.346 e. The van der Waals surface area contributed by atoms with Crippen LogP contribution in [-0.4, -0.2) is 9.97 Å². The zero-order valence-corrected chi connectivity index (χ0v) is 7.52. The summed E-state index contributed by atoms with van der Waals surface area (Å²) in [7, 11) is 0. The molecule has 2 aromatic heterocycles. The van der Waals surface area contributed by atoms with Crippen molar-refractivity contribution in [3.8, 4) is 0 Å². The molecule has 0 bridgehead atoms. The fraction of sp³-hybridized carbons (Fsp3) is 0.222. The summed E-state index contributed by atoms with van der Waals surface area (Å²) < 4.78 is 0. The van der Waals surface area contributed by atoms with Crippen LogP contribution in [0.5, 0.6) is 0 Å². The van der Waals surface area contributed by atoms with Crippen LogP contribution in [0.1, 0.15) is 11.1 Å². The molecule has 2 aromatic rings. The lowest BCUT2D eigenvalue weighted by atomic mass is 10.2. The Bertz CT molecular complexity index is 406. The third kappa shape index (κ3) is 1.08. The number of fused-ring (bicyclic) bond motifs is 1. The Morgan fingerprint density at radius 2 is 2.42 bits per heavy atom. The number of H-pyrrole nitrogens is 1. The molecular formula is C9H9ClN2. The van der Waals surface area contributed by atoms with Crippen molar-refractivity contribution in [2.45, 2.75) is 12.8 Å². The average Bonchev–Trinajstić information content (AvgIpc) is 2.47. The fourth-order valence-electron chi connectivity index (χ4n) is 1.25. The summed E-state index contributed by atoms with van der Waals surface area (Å²) in [6.07, 6.45) is 3.75. The standard InChI is InChI=1S/C9H9ClN2/c1-6-4-11-9-8(6)2-7(3-10)5-12-9/h2,4-5H,3H2,1H3,(H,11,12). The molecule has 0 aliphatic heterocycles. The summed E-state index contributed by atoms with van der Waals surface area (Å²) in [6.45, 7) is 2.05. The van der Waals surface area contributed by atoms with Gasteiger partial charge in [0.25, 0.3) is 0 Å². The smallest absolute Gasteiger partial charge is 0.137 e. The molecule has 0 atom stereocenters. The molecule has 0 saturated heterocycles. The van der Waals surface area contributed by atoms with Crippen molar-refractivity contribution in [3.05, 3.63) is 29.6 Å². The van der Waals surface area contributed by atoms with Crippen molar-refractivity contribution in [2.24, 2.45) is 0 Å². The quantitative estimate of drug-likeness (QED) is 0.672. The van der Waals surface area contributed by atoms with Gasteiger partial charge in [-0.1, -0.05) is 0 Å². The Kier molecular flexibility index (Phi) is 1.77. The number of hydrogen-bond acceptors (Lipinski definition) is 1. The lowest BCUT2D eigenvalue weighted by Gasteiger charge is -1.94. The Labute approximate surface area is 75.6 Å². The second-order valence-corrected chi connectivity index (χ2v) is 3.11. The Hall–Kier alpha value is -1.02. The normalized spacial score (nSPS) is 10.8. The SMILES string of the molecule is Cc1c[nH]c2ncc(CCl)cc12. The van der Waals surface area contributed by atoms with Gasteiger partial charge in [-0.25, -0.2) is 4.98 Å². The van der Waals surface area contributed by atoms with E-state index in [1.807, 2.05) is 6.20 Å². The third-order valence-electron chi connectivity index (χ3n) is 1.95. The van der Waals surface area contributed by atoms with E-state index in [0.29, 0.717) is 5.88 Å². The molecule has 3 heteroatoms. The Morgan fingerprint density at radius 1 is 1.58 bits per heavy atom. The van der Waals surface area contributed by atoms with Crippen LogP contribution in [0.2, 0.25) is 0 Å². The van der Waals surface area contributed by atoms with E-state index in [1.165, 1.54) is 5.56 Å². The lowest BCUT2D eigenvalue weighted by molar-refractivity contribution is 1.27. The molecule has 0 radical (unpaired) electrons. The van der Waals surface area contributed by atoms with E-state index in [1.54, 1.807) is 6.20 Å². The Morgan fingerprint density at radius 3 is 3.17 bits per heavy atom. The highest BCUT2D eigenvalue weighted by Crippen LogP contribution is 2.17. The molecule has 0 saturated carbocycles. The van der Waals surface area contributed by atoms with Gasteiger partial charge in [-0.3, -0.25) is 0 Å². The van der Waals surface area contributed by atoms with Gasteiger partial charge in [0.1, 0.15) is 5.65 Å². The van der Waals surface area contributed by atoms with E-state index in [2.05, 4.69) is 23.0 Å². The number of aromatic amines is 1. The first-order valence-electron chi connectivity index (χ1n) is 3.80. The van der Waals surface area contributed by atoms with E-state index in [9.17, 15) is 0 Å². The minimum Gasteiger partial charge on any atom is -0.346 e. The van der Waals surface area contributed by atoms with Gasteiger partial charge in [-0.05, 0) is 24.1 Å². The molecular weight excluding hydrogens is 172 g/mol. The summed E-state index contributed by atoms with van der Waals surface area (Å²) in [5, 5.41) is 1.16. The molecule has 0 aromatic carbocycles. The molecule has 12 heavy (non-hydrogen) atoms. The van der Waals surface area contributed by atoms with E-state index in [0.717, 1.165) is 16.6 Å². The second-order valence-electron chi connectivity index (χ2n) is 2.85. The van der Waals surface area contributed by atoms with Gasteiger partial charge in [0.05, 0.1) is 0 Å². The highest BCUT2D eigenvalue weighted by molar-refractivity contribution is 6.17. The van der Waals surface area contributed by atoms with Crippen molar-refractivity contribution in [1.82, 2.24) is 9.97 Å². The molecule has 0 fully saturated rings.